The van der Waals surface area contributed by atoms with E-state index in [-0.39, 0.29) is 75.0 Å². The smallest absolute Gasteiger partial charge is 0.313 e. The molecule has 1 fully saturated rings. The molecule has 0 aromatic heterocycles. The molecule has 0 unspecified atom stereocenters. The average molecular weight is 573 g/mol. The molecule has 11 heteroatoms. The Morgan fingerprint density at radius 2 is 1.61 bits per heavy atom. The lowest BCUT2D eigenvalue weighted by molar-refractivity contribution is -0.152. The summed E-state index contributed by atoms with van der Waals surface area (Å²) in [6, 6.07) is 10.9. The van der Waals surface area contributed by atoms with Crippen molar-refractivity contribution in [3.05, 3.63) is 82.9 Å². The normalized spacial score (nSPS) is 16.4. The molecule has 2 aliphatic rings. The van der Waals surface area contributed by atoms with Crippen LogP contribution in [0.2, 0.25) is 0 Å². The first kappa shape index (κ1) is 28.3. The Bertz CT molecular complexity index is 1470. The van der Waals surface area contributed by atoms with Crippen LogP contribution in [-0.2, 0) is 22.6 Å². The van der Waals surface area contributed by atoms with E-state index in [9.17, 15) is 27.9 Å². The number of methoxy groups -OCH3 is 1. The summed E-state index contributed by atoms with van der Waals surface area (Å²) < 4.78 is 67.7. The molecular formula is C30H28F4N2O5. The quantitative estimate of drug-likeness (QED) is 0.285. The number of hydrogen-bond donors (Lipinski definition) is 1. The number of anilines is 2. The number of ether oxygens (including phenoxy) is 2. The van der Waals surface area contributed by atoms with Crippen LogP contribution in [-0.4, -0.2) is 43.8 Å². The van der Waals surface area contributed by atoms with Crippen molar-refractivity contribution in [2.24, 2.45) is 5.41 Å². The molecule has 7 nitrogen and oxygen atoms in total. The number of carbonyl (C=O) groups is 2. The van der Waals surface area contributed by atoms with E-state index in [0.29, 0.717) is 17.4 Å². The van der Waals surface area contributed by atoms with Gasteiger partial charge in [0.1, 0.15) is 35.2 Å². The molecule has 0 saturated carbocycles. The van der Waals surface area contributed by atoms with Crippen LogP contribution in [0.1, 0.15) is 30.4 Å². The van der Waals surface area contributed by atoms with Gasteiger partial charge in [-0.2, -0.15) is 0 Å². The van der Waals surface area contributed by atoms with Crippen LogP contribution in [0.3, 0.4) is 0 Å². The van der Waals surface area contributed by atoms with Crippen LogP contribution in [0.4, 0.5) is 28.9 Å². The van der Waals surface area contributed by atoms with E-state index in [0.717, 1.165) is 11.6 Å². The predicted molar refractivity (Wildman–Crippen MR) is 142 cm³/mol. The summed E-state index contributed by atoms with van der Waals surface area (Å²) in [7, 11) is 1.54. The van der Waals surface area contributed by atoms with Gasteiger partial charge in [-0.25, -0.2) is 17.6 Å². The molecule has 3 aromatic carbocycles. The standard InChI is InChI=1S/C30H28F4N2O5/c1-40-19-4-2-18(3-5-19)16-36-27(37)9-6-20-26(8-7-21(31)28(20)36)41-17-30(29(38)39)10-12-35(13-11-30)25-15-23(33)22(32)14-24(25)34/h2-5,7-8,14-15H,6,9-13,16-17H2,1H3,(H,38,39). The Balaban J connectivity index is 1.34. The van der Waals surface area contributed by atoms with Gasteiger partial charge in [-0.3, -0.25) is 9.59 Å². The molecule has 0 bridgehead atoms. The van der Waals surface area contributed by atoms with E-state index in [2.05, 4.69) is 0 Å². The van der Waals surface area contributed by atoms with Gasteiger partial charge in [0.15, 0.2) is 11.6 Å². The fourth-order valence-corrected chi connectivity index (χ4v) is 5.40. The highest BCUT2D eigenvalue weighted by Crippen LogP contribution is 2.40. The number of rotatable bonds is 8. The second kappa shape index (κ2) is 11.3. The molecule has 2 aliphatic heterocycles. The topological polar surface area (TPSA) is 79.3 Å². The molecule has 0 spiro atoms. The van der Waals surface area contributed by atoms with E-state index in [1.54, 1.807) is 31.4 Å². The van der Waals surface area contributed by atoms with Crippen LogP contribution in [0.15, 0.2) is 48.5 Å². The number of hydrogen-bond acceptors (Lipinski definition) is 5. The van der Waals surface area contributed by atoms with Gasteiger partial charge in [-0.1, -0.05) is 12.1 Å². The summed E-state index contributed by atoms with van der Waals surface area (Å²) >= 11 is 0. The number of carboxylic acid groups (broad SMARTS) is 1. The van der Waals surface area contributed by atoms with Gasteiger partial charge in [0.25, 0.3) is 0 Å². The van der Waals surface area contributed by atoms with Crippen molar-refractivity contribution in [1.82, 2.24) is 0 Å². The molecular weight excluding hydrogens is 544 g/mol. The summed E-state index contributed by atoms with van der Waals surface area (Å²) in [6.45, 7) is 0.0270. The van der Waals surface area contributed by atoms with Gasteiger partial charge in [0, 0.05) is 37.2 Å². The predicted octanol–water partition coefficient (Wildman–Crippen LogP) is 5.48. The van der Waals surface area contributed by atoms with Crippen LogP contribution < -0.4 is 19.3 Å². The Hall–Kier alpha value is -4.28. The highest BCUT2D eigenvalue weighted by atomic mass is 19.2. The van der Waals surface area contributed by atoms with Gasteiger partial charge in [0.05, 0.1) is 25.0 Å². The van der Waals surface area contributed by atoms with Crippen molar-refractivity contribution in [3.63, 3.8) is 0 Å². The summed E-state index contributed by atoms with van der Waals surface area (Å²) in [4.78, 5) is 28.1. The molecule has 41 heavy (non-hydrogen) atoms. The fraction of sp³-hybridized carbons (Fsp3) is 0.333. The van der Waals surface area contributed by atoms with Crippen molar-refractivity contribution < 1.29 is 41.7 Å². The maximum Gasteiger partial charge on any atom is 0.313 e. The van der Waals surface area contributed by atoms with Gasteiger partial charge >= 0.3 is 5.97 Å². The van der Waals surface area contributed by atoms with Gasteiger partial charge in [-0.15, -0.1) is 0 Å². The van der Waals surface area contributed by atoms with Gasteiger partial charge < -0.3 is 24.4 Å². The minimum atomic E-state index is -1.35. The summed E-state index contributed by atoms with van der Waals surface area (Å²) in [6.07, 6.45) is 0.448. The molecule has 1 saturated heterocycles. The first-order valence-electron chi connectivity index (χ1n) is 13.1. The van der Waals surface area contributed by atoms with E-state index >= 15 is 4.39 Å². The third-order valence-corrected chi connectivity index (χ3v) is 7.86. The number of carbonyl (C=O) groups excluding carboxylic acids is 1. The summed E-state index contributed by atoms with van der Waals surface area (Å²) in [5, 5.41) is 10.1. The van der Waals surface area contributed by atoms with Crippen molar-refractivity contribution >= 4 is 23.3 Å². The second-order valence-corrected chi connectivity index (χ2v) is 10.3. The van der Waals surface area contributed by atoms with Crippen LogP contribution in [0.5, 0.6) is 11.5 Å². The lowest BCUT2D eigenvalue weighted by Crippen LogP contribution is -2.48. The molecule has 0 atom stereocenters. The SMILES string of the molecule is COc1ccc(CN2C(=O)CCc3c(OCC4(C(=O)O)CCN(c5cc(F)c(F)cc5F)CC4)ccc(F)c32)cc1. The zero-order valence-electron chi connectivity index (χ0n) is 22.3. The first-order chi connectivity index (χ1) is 19.6. The molecule has 1 N–H and O–H groups in total. The molecule has 1 amide bonds. The molecule has 2 heterocycles. The Labute approximate surface area is 233 Å². The number of benzene rings is 3. The lowest BCUT2D eigenvalue weighted by atomic mass is 9.79. The van der Waals surface area contributed by atoms with Gasteiger partial charge in [-0.05, 0) is 49.1 Å². The van der Waals surface area contributed by atoms with Crippen LogP contribution in [0.25, 0.3) is 0 Å². The Kier molecular flexibility index (Phi) is 7.79. The van der Waals surface area contributed by atoms with Crippen LogP contribution in [0, 0.1) is 28.7 Å². The number of fused-ring (bicyclic) bond motifs is 1. The van der Waals surface area contributed by atoms with Crippen molar-refractivity contribution in [1.29, 1.82) is 0 Å². The number of nitrogens with zero attached hydrogens (tertiary/aromatic N) is 2. The summed E-state index contributed by atoms with van der Waals surface area (Å²) in [5.41, 5.74) is -0.146. The average Bonchev–Trinajstić information content (AvgIpc) is 2.96. The molecule has 3 aromatic rings. The molecule has 5 rings (SSSR count). The number of piperidine rings is 1. The number of aliphatic carboxylic acids is 1. The Morgan fingerprint density at radius 3 is 2.27 bits per heavy atom. The lowest BCUT2D eigenvalue weighted by Gasteiger charge is -2.40. The monoisotopic (exact) mass is 572 g/mol. The maximum atomic E-state index is 15.1. The Morgan fingerprint density at radius 1 is 0.927 bits per heavy atom. The van der Waals surface area contributed by atoms with Crippen molar-refractivity contribution in [3.8, 4) is 11.5 Å². The number of carboxylic acids is 1. The van der Waals surface area contributed by atoms with E-state index in [1.807, 2.05) is 0 Å². The fourth-order valence-electron chi connectivity index (χ4n) is 5.40. The zero-order valence-corrected chi connectivity index (χ0v) is 22.3. The number of halogens is 4. The third-order valence-electron chi connectivity index (χ3n) is 7.86. The molecule has 216 valence electrons. The number of amides is 1. The summed E-state index contributed by atoms with van der Waals surface area (Å²) in [5.74, 6) is -4.46. The van der Waals surface area contributed by atoms with Crippen LogP contribution >= 0.6 is 0 Å². The molecule has 0 radical (unpaired) electrons. The van der Waals surface area contributed by atoms with Gasteiger partial charge in [0.2, 0.25) is 5.91 Å². The zero-order chi connectivity index (χ0) is 29.3. The first-order valence-corrected chi connectivity index (χ1v) is 13.1. The van der Waals surface area contributed by atoms with E-state index in [4.69, 9.17) is 9.47 Å². The highest BCUT2D eigenvalue weighted by molar-refractivity contribution is 5.97. The highest BCUT2D eigenvalue weighted by Gasteiger charge is 2.43. The maximum absolute atomic E-state index is 15.1. The van der Waals surface area contributed by atoms with E-state index < -0.39 is 34.7 Å². The second-order valence-electron chi connectivity index (χ2n) is 10.3. The van der Waals surface area contributed by atoms with Crippen molar-refractivity contribution in [2.75, 3.05) is 36.6 Å². The molecule has 0 aliphatic carbocycles. The third kappa shape index (κ3) is 5.53. The van der Waals surface area contributed by atoms with E-state index in [1.165, 1.54) is 21.9 Å². The minimum absolute atomic E-state index is 0.0479. The largest absolute Gasteiger partial charge is 0.497 e. The van der Waals surface area contributed by atoms with Crippen molar-refractivity contribution in [2.45, 2.75) is 32.2 Å². The minimum Gasteiger partial charge on any atom is -0.497 e.